The van der Waals surface area contributed by atoms with Crippen molar-refractivity contribution < 1.29 is 4.39 Å². The lowest BCUT2D eigenvalue weighted by Crippen LogP contribution is -2.04. The highest BCUT2D eigenvalue weighted by molar-refractivity contribution is 5.79. The largest absolute Gasteiger partial charge is 0.322 e. The molecule has 0 amide bonds. The first-order valence-electron chi connectivity index (χ1n) is 5.44. The lowest BCUT2D eigenvalue weighted by molar-refractivity contribution is 0.585. The number of aromatic amines is 1. The molecular weight excluding hydrogens is 205 g/mol. The zero-order chi connectivity index (χ0) is 11.7. The smallest absolute Gasteiger partial charge is 0.248 e. The molecule has 2 nitrogen and oxygen atoms in total. The maximum atomic E-state index is 13.8. The summed E-state index contributed by atoms with van der Waals surface area (Å²) in [5, 5.41) is 0.872. The Labute approximate surface area is 93.1 Å². The Balaban J connectivity index is 2.67. The Morgan fingerprint density at radius 1 is 1.38 bits per heavy atom. The van der Waals surface area contributed by atoms with E-state index in [1.165, 1.54) is 12.1 Å². The molecule has 0 spiro atoms. The molecule has 1 heterocycles. The molecule has 0 saturated heterocycles. The number of rotatable bonds is 2. The zero-order valence-electron chi connectivity index (χ0n) is 9.38. The molecule has 1 aromatic carbocycles. The number of hydrogen-bond acceptors (Lipinski definition) is 1. The van der Waals surface area contributed by atoms with Crippen molar-refractivity contribution in [3.05, 3.63) is 46.0 Å². The van der Waals surface area contributed by atoms with Crippen LogP contribution in [0.5, 0.6) is 0 Å². The average molecular weight is 219 g/mol. The summed E-state index contributed by atoms with van der Waals surface area (Å²) in [4.78, 5) is 13.7. The summed E-state index contributed by atoms with van der Waals surface area (Å²) in [6, 6.07) is 6.40. The normalized spacial score (nSPS) is 12.9. The Kier molecular flexibility index (Phi) is 2.77. The Hall–Kier alpha value is -1.64. The van der Waals surface area contributed by atoms with Crippen molar-refractivity contribution in [3.63, 3.8) is 0 Å². The number of hydrogen-bond donors (Lipinski definition) is 1. The quantitative estimate of drug-likeness (QED) is 0.826. The van der Waals surface area contributed by atoms with Crippen LogP contribution in [0.15, 0.2) is 29.1 Å². The minimum atomic E-state index is -0.247. The standard InChI is InChI=1S/C13H14FNO/c1-3-8(2)10-6-9-4-5-13(16)15-12(9)7-11(10)14/h4-8H,3H2,1-2H3,(H,15,16). The number of aromatic nitrogens is 1. The van der Waals surface area contributed by atoms with Crippen LogP contribution in [0.4, 0.5) is 4.39 Å². The van der Waals surface area contributed by atoms with Crippen molar-refractivity contribution in [2.24, 2.45) is 0 Å². The van der Waals surface area contributed by atoms with E-state index in [1.807, 2.05) is 19.9 Å². The highest BCUT2D eigenvalue weighted by Crippen LogP contribution is 2.25. The summed E-state index contributed by atoms with van der Waals surface area (Å²) in [5.74, 6) is -0.0555. The summed E-state index contributed by atoms with van der Waals surface area (Å²) < 4.78 is 13.8. The molecule has 0 saturated carbocycles. The minimum absolute atomic E-state index is 0.191. The third kappa shape index (κ3) is 1.85. The number of H-pyrrole nitrogens is 1. The first kappa shape index (κ1) is 10.9. The van der Waals surface area contributed by atoms with Crippen LogP contribution in [0, 0.1) is 5.82 Å². The van der Waals surface area contributed by atoms with E-state index in [4.69, 9.17) is 0 Å². The van der Waals surface area contributed by atoms with Crippen LogP contribution in [-0.4, -0.2) is 4.98 Å². The number of pyridine rings is 1. The van der Waals surface area contributed by atoms with Gasteiger partial charge in [0.25, 0.3) is 0 Å². The summed E-state index contributed by atoms with van der Waals surface area (Å²) in [7, 11) is 0. The second-order valence-electron chi connectivity index (χ2n) is 4.09. The highest BCUT2D eigenvalue weighted by Gasteiger charge is 2.10. The molecule has 0 aliphatic heterocycles. The lowest BCUT2D eigenvalue weighted by Gasteiger charge is -2.11. The van der Waals surface area contributed by atoms with Gasteiger partial charge in [-0.1, -0.05) is 13.8 Å². The molecule has 1 unspecified atom stereocenters. The summed E-state index contributed by atoms with van der Waals surface area (Å²) in [5.41, 5.74) is 1.06. The number of nitrogens with one attached hydrogen (secondary N) is 1. The fraction of sp³-hybridized carbons (Fsp3) is 0.308. The van der Waals surface area contributed by atoms with Crippen molar-refractivity contribution >= 4 is 10.9 Å². The second-order valence-corrected chi connectivity index (χ2v) is 4.09. The van der Waals surface area contributed by atoms with E-state index in [-0.39, 0.29) is 17.3 Å². The van der Waals surface area contributed by atoms with Crippen LogP contribution in [0.2, 0.25) is 0 Å². The lowest BCUT2D eigenvalue weighted by atomic mass is 9.96. The van der Waals surface area contributed by atoms with Gasteiger partial charge in [0.1, 0.15) is 5.82 Å². The van der Waals surface area contributed by atoms with Crippen molar-refractivity contribution in [1.29, 1.82) is 0 Å². The van der Waals surface area contributed by atoms with Gasteiger partial charge < -0.3 is 4.98 Å². The van der Waals surface area contributed by atoms with Gasteiger partial charge in [-0.3, -0.25) is 4.79 Å². The maximum absolute atomic E-state index is 13.8. The molecule has 3 heteroatoms. The van der Waals surface area contributed by atoms with Gasteiger partial charge in [0.15, 0.2) is 0 Å². The topological polar surface area (TPSA) is 32.9 Å². The van der Waals surface area contributed by atoms with Gasteiger partial charge in [0.2, 0.25) is 5.56 Å². The van der Waals surface area contributed by atoms with Crippen molar-refractivity contribution in [3.8, 4) is 0 Å². The van der Waals surface area contributed by atoms with Gasteiger partial charge in [0, 0.05) is 6.07 Å². The van der Waals surface area contributed by atoms with E-state index < -0.39 is 0 Å². The SMILES string of the molecule is CCC(C)c1cc2ccc(=O)[nH]c2cc1F. The van der Waals surface area contributed by atoms with Crippen molar-refractivity contribution in [2.45, 2.75) is 26.2 Å². The molecule has 84 valence electrons. The molecule has 0 radical (unpaired) electrons. The van der Waals surface area contributed by atoms with Crippen molar-refractivity contribution in [1.82, 2.24) is 4.98 Å². The van der Waals surface area contributed by atoms with Crippen LogP contribution in [0.3, 0.4) is 0 Å². The van der Waals surface area contributed by atoms with Crippen LogP contribution in [0.25, 0.3) is 10.9 Å². The van der Waals surface area contributed by atoms with E-state index >= 15 is 0 Å². The molecule has 16 heavy (non-hydrogen) atoms. The molecule has 0 fully saturated rings. The zero-order valence-corrected chi connectivity index (χ0v) is 9.38. The predicted molar refractivity (Wildman–Crippen MR) is 63.2 cm³/mol. The molecule has 2 rings (SSSR count). The van der Waals surface area contributed by atoms with Gasteiger partial charge in [-0.05, 0) is 41.5 Å². The van der Waals surface area contributed by atoms with Crippen LogP contribution in [-0.2, 0) is 0 Å². The third-order valence-electron chi connectivity index (χ3n) is 2.98. The summed E-state index contributed by atoms with van der Waals surface area (Å²) in [6.07, 6.45) is 0.895. The Bertz CT molecular complexity index is 574. The van der Waals surface area contributed by atoms with E-state index in [2.05, 4.69) is 4.98 Å². The molecule has 2 aromatic rings. The van der Waals surface area contributed by atoms with E-state index in [0.29, 0.717) is 11.1 Å². The van der Waals surface area contributed by atoms with Gasteiger partial charge in [-0.15, -0.1) is 0 Å². The fourth-order valence-electron chi connectivity index (χ4n) is 1.79. The fourth-order valence-corrected chi connectivity index (χ4v) is 1.79. The first-order chi connectivity index (χ1) is 7.61. The maximum Gasteiger partial charge on any atom is 0.248 e. The van der Waals surface area contributed by atoms with Gasteiger partial charge in [0.05, 0.1) is 5.52 Å². The minimum Gasteiger partial charge on any atom is -0.322 e. The monoisotopic (exact) mass is 219 g/mol. The molecule has 0 aliphatic rings. The number of halogens is 1. The number of fused-ring (bicyclic) bond motifs is 1. The van der Waals surface area contributed by atoms with Gasteiger partial charge in [-0.2, -0.15) is 0 Å². The number of benzene rings is 1. The van der Waals surface area contributed by atoms with E-state index in [0.717, 1.165) is 11.8 Å². The first-order valence-corrected chi connectivity index (χ1v) is 5.44. The molecule has 0 aliphatic carbocycles. The predicted octanol–water partition coefficient (Wildman–Crippen LogP) is 3.18. The highest BCUT2D eigenvalue weighted by atomic mass is 19.1. The molecular formula is C13H14FNO. The van der Waals surface area contributed by atoms with Crippen molar-refractivity contribution in [2.75, 3.05) is 0 Å². The molecule has 1 N–H and O–H groups in total. The summed E-state index contributed by atoms with van der Waals surface area (Å²) >= 11 is 0. The van der Waals surface area contributed by atoms with E-state index in [1.54, 1.807) is 6.07 Å². The average Bonchev–Trinajstić information content (AvgIpc) is 2.27. The van der Waals surface area contributed by atoms with Gasteiger partial charge >= 0.3 is 0 Å². The second kappa shape index (κ2) is 4.08. The Morgan fingerprint density at radius 2 is 2.12 bits per heavy atom. The summed E-state index contributed by atoms with van der Waals surface area (Å²) in [6.45, 7) is 4.02. The van der Waals surface area contributed by atoms with Crippen LogP contribution in [0.1, 0.15) is 31.7 Å². The Morgan fingerprint density at radius 3 is 2.81 bits per heavy atom. The molecule has 1 atom stereocenters. The van der Waals surface area contributed by atoms with Gasteiger partial charge in [-0.25, -0.2) is 4.39 Å². The van der Waals surface area contributed by atoms with Crippen LogP contribution < -0.4 is 5.56 Å². The van der Waals surface area contributed by atoms with Crippen LogP contribution >= 0.6 is 0 Å². The van der Waals surface area contributed by atoms with E-state index in [9.17, 15) is 9.18 Å². The third-order valence-corrected chi connectivity index (χ3v) is 2.98. The molecule has 0 bridgehead atoms. The molecule has 1 aromatic heterocycles.